The van der Waals surface area contributed by atoms with Crippen LogP contribution in [-0.4, -0.2) is 183 Å². The van der Waals surface area contributed by atoms with Crippen molar-refractivity contribution < 1.29 is 13.3 Å². The molecule has 0 saturated carbocycles. The minimum Gasteiger partial charge on any atom is -0.456 e. The Kier molecular flexibility index (Phi) is 11.6. The predicted octanol–water partition coefficient (Wildman–Crippen LogP) is -13.7. The zero-order chi connectivity index (χ0) is 52.6. The monoisotopic (exact) mass is 874 g/mol. The van der Waals surface area contributed by atoms with Crippen LogP contribution in [0.2, 0.25) is 0 Å². The first-order chi connectivity index (χ1) is 34.4. The first-order valence-corrected chi connectivity index (χ1v) is 21.5. The molecule has 0 aliphatic heterocycles. The number of benzene rings is 7. The summed E-state index contributed by atoms with van der Waals surface area (Å²) in [6.07, 6.45) is 1.27. The number of rotatable bonds is 4. The summed E-state index contributed by atoms with van der Waals surface area (Å²) >= 11 is 0. The molecule has 0 spiro atoms. The van der Waals surface area contributed by atoms with Gasteiger partial charge in [0.25, 0.3) is 0 Å². The molecule has 11 rings (SSSR count). The zero-order valence-corrected chi connectivity index (χ0v) is 38.1. The highest BCUT2D eigenvalue weighted by atomic mass is 16.3. The van der Waals surface area contributed by atoms with Crippen LogP contribution >= 0.6 is 0 Å². The fraction of sp³-hybridized carbons (Fsp3) is 0. The summed E-state index contributed by atoms with van der Waals surface area (Å²) in [7, 11) is 145. The molecule has 73 heavy (non-hydrogen) atoms. The number of fused-ring (bicyclic) bond motifs is 9. The lowest BCUT2D eigenvalue weighted by molar-refractivity contribution is 0.667. The van der Waals surface area contributed by atoms with Crippen LogP contribution in [-0.2, 0) is 0 Å². The predicted molar refractivity (Wildman–Crippen MR) is 324 cm³/mol. The molecular weight excluding hydrogens is 866 g/mol. The van der Waals surface area contributed by atoms with Crippen molar-refractivity contribution in [2.75, 3.05) is 0 Å². The Labute approximate surface area is 448 Å². The van der Waals surface area contributed by atoms with Crippen molar-refractivity contribution in [2.45, 2.75) is 0 Å². The largest absolute Gasteiger partial charge is 0.456 e. The van der Waals surface area contributed by atoms with Gasteiger partial charge < -0.3 is 13.3 Å². The summed E-state index contributed by atoms with van der Waals surface area (Å²) in [5, 5.41) is 1.47. The maximum Gasteiger partial charge on any atom is 0.180 e. The van der Waals surface area contributed by atoms with E-state index in [0.717, 1.165) is 0 Å². The maximum atomic E-state index is 7.15. The lowest BCUT2D eigenvalue weighted by atomic mass is 9.56. The molecule has 4 heterocycles. The number of aromatic nitrogens is 2. The summed E-state index contributed by atoms with van der Waals surface area (Å²) in [4.78, 5) is 9.19. The van der Waals surface area contributed by atoms with E-state index in [-0.39, 0.29) is 192 Å². The molecule has 0 N–H and O–H groups in total. The van der Waals surface area contributed by atoms with Gasteiger partial charge in [-0.15, -0.1) is 43.7 Å². The van der Waals surface area contributed by atoms with E-state index in [1.807, 2.05) is 0 Å². The molecule has 0 atom stereocenters. The second-order valence-electron chi connectivity index (χ2n) is 17.6. The van der Waals surface area contributed by atoms with Crippen molar-refractivity contribution in [1.82, 2.24) is 9.97 Å². The van der Waals surface area contributed by atoms with Crippen molar-refractivity contribution >= 4 is 359 Å². The number of hydrogen-bond acceptors (Lipinski definition) is 5. The van der Waals surface area contributed by atoms with E-state index in [1.54, 1.807) is 18.2 Å². The van der Waals surface area contributed by atoms with Gasteiger partial charge in [-0.1, -0.05) is 82.5 Å². The van der Waals surface area contributed by atoms with Gasteiger partial charge >= 0.3 is 0 Å². The average molecular weight is 870 g/mol. The van der Waals surface area contributed by atoms with Gasteiger partial charge in [0.05, 0.1) is 0 Å². The molecule has 0 aliphatic carbocycles. The fourth-order valence-corrected chi connectivity index (χ4v) is 9.96. The van der Waals surface area contributed by atoms with Crippen LogP contribution in [0.4, 0.5) is 0 Å². The molecule has 27 heteroatoms. The number of nitrogens with zero attached hydrogens (tertiary/aromatic N) is 2. The Balaban J connectivity index is 1.15. The van der Waals surface area contributed by atoms with Crippen LogP contribution < -0.4 is 120 Å². The third-order valence-corrected chi connectivity index (χ3v) is 13.9. The Morgan fingerprint density at radius 3 is 1.12 bits per heavy atom. The number of hydrogen-bond donors (Lipinski definition) is 0. The maximum absolute atomic E-state index is 7.15. The molecule has 4 aromatic heterocycles. The first kappa shape index (κ1) is 49.6. The molecule has 44 radical (unpaired) electrons. The van der Waals surface area contributed by atoms with E-state index in [1.165, 1.54) is 6.33 Å². The van der Waals surface area contributed by atoms with Crippen molar-refractivity contribution in [1.29, 1.82) is 0 Å². The van der Waals surface area contributed by atoms with Crippen molar-refractivity contribution in [3.63, 3.8) is 0 Å². The van der Waals surface area contributed by atoms with E-state index >= 15 is 0 Å². The zero-order valence-electron chi connectivity index (χ0n) is 38.1. The minimum absolute atomic E-state index is 0.00484. The molecule has 0 bridgehead atoms. The highest BCUT2D eigenvalue weighted by molar-refractivity contribution is 6.73. The van der Waals surface area contributed by atoms with Crippen LogP contribution in [0.5, 0.6) is 0 Å². The molecular formula is C46H4B22N2O3. The highest BCUT2D eigenvalue weighted by Crippen LogP contribution is 2.38. The molecule has 282 valence electrons. The molecule has 5 nitrogen and oxygen atoms in total. The lowest BCUT2D eigenvalue weighted by Gasteiger charge is -2.29. The minimum atomic E-state index is -0.178. The third kappa shape index (κ3) is 6.54. The molecule has 0 aliphatic rings. The van der Waals surface area contributed by atoms with E-state index in [2.05, 4.69) is 9.97 Å². The Morgan fingerprint density at radius 2 is 0.630 bits per heavy atom. The topological polar surface area (TPSA) is 65.2 Å². The summed E-state index contributed by atoms with van der Waals surface area (Å²) < 4.78 is 19.2. The molecule has 7 aromatic carbocycles. The van der Waals surface area contributed by atoms with Crippen molar-refractivity contribution in [3.8, 4) is 44.6 Å². The van der Waals surface area contributed by atoms with E-state index in [4.69, 9.17) is 186 Å². The summed E-state index contributed by atoms with van der Waals surface area (Å²) in [5.41, 5.74) is 0.941. The van der Waals surface area contributed by atoms with Gasteiger partial charge in [-0.2, -0.15) is 0 Å². The molecule has 0 unspecified atom stereocenters. The smallest absolute Gasteiger partial charge is 0.180 e. The van der Waals surface area contributed by atoms with Gasteiger partial charge in [0.15, 0.2) is 5.58 Å². The normalized spacial score (nSPS) is 11.9. The molecule has 11 aromatic rings. The van der Waals surface area contributed by atoms with Crippen LogP contribution in [0.15, 0.2) is 37.8 Å². The highest BCUT2D eigenvalue weighted by Gasteiger charge is 2.29. The quantitative estimate of drug-likeness (QED) is 0.165. The van der Waals surface area contributed by atoms with Crippen LogP contribution in [0.25, 0.3) is 111 Å². The Bertz CT molecular complexity index is 4430. The molecule has 0 saturated heterocycles. The van der Waals surface area contributed by atoms with Crippen molar-refractivity contribution in [2.24, 2.45) is 0 Å². The fourth-order valence-electron chi connectivity index (χ4n) is 9.96. The summed E-state index contributed by atoms with van der Waals surface area (Å²) in [6.45, 7) is 0. The lowest BCUT2D eigenvalue weighted by Crippen LogP contribution is -2.51. The summed E-state index contributed by atoms with van der Waals surface area (Å²) in [6, 6.07) is 5.14. The van der Waals surface area contributed by atoms with Crippen molar-refractivity contribution in [3.05, 3.63) is 24.5 Å². The van der Waals surface area contributed by atoms with Crippen LogP contribution in [0.1, 0.15) is 0 Å². The average Bonchev–Trinajstić information content (AvgIpc) is 4.08. The van der Waals surface area contributed by atoms with Gasteiger partial charge in [0.1, 0.15) is 218 Å². The summed E-state index contributed by atoms with van der Waals surface area (Å²) in [5.74, 6) is 0. The van der Waals surface area contributed by atoms with Gasteiger partial charge in [-0.05, 0) is 39.9 Å². The second kappa shape index (κ2) is 17.0. The van der Waals surface area contributed by atoms with Gasteiger partial charge in [-0.3, -0.25) is 0 Å². The van der Waals surface area contributed by atoms with E-state index in [0.29, 0.717) is 38.4 Å². The second-order valence-corrected chi connectivity index (χ2v) is 17.6. The van der Waals surface area contributed by atoms with Crippen LogP contribution in [0.3, 0.4) is 0 Å². The SMILES string of the molecule is [B]c1c([B])c(-c2c([B])c([B])c([B])c(-c3c([B])c([B])c([B])c4c3oc3c([B])c([B])c([B])c([B])c34)c2[B])c([B])c(-c2ncnc3c2oc2ccc(-c4c([B])c([B])c([B])c5c4oc4c([B])c([B])c([B])c([B])c45)cc23)c1[B]. The van der Waals surface area contributed by atoms with Gasteiger partial charge in [0.2, 0.25) is 0 Å². The standard InChI is InChI=1S/C46H4B22N2O3/c47-18-9(21(50)31(60)23(52)11(18)12-24(53)33(62)26(55)14-16-28(57)35(64)37(66)39(68)45(16)73-43(12)14)10-19(48)17(29(58)32(61)22(10)51)41-46-40(69-4-70-41)6-3-5(1-2-7(6)71-46)8-20(49)30(59)25(54)13-15-27(56)34(63)36(65)38(67)44(15)72-42(8)13/h1-4H. The van der Waals surface area contributed by atoms with Crippen LogP contribution in [0, 0.1) is 0 Å². The Morgan fingerprint density at radius 1 is 0.274 bits per heavy atom. The van der Waals surface area contributed by atoms with E-state index < -0.39 is 0 Å². The third-order valence-electron chi connectivity index (χ3n) is 13.9. The Hall–Kier alpha value is -5.55. The first-order valence-electron chi connectivity index (χ1n) is 21.5. The van der Waals surface area contributed by atoms with E-state index in [9.17, 15) is 0 Å². The van der Waals surface area contributed by atoms with Gasteiger partial charge in [-0.25, -0.2) is 9.97 Å². The van der Waals surface area contributed by atoms with Gasteiger partial charge in [0, 0.05) is 38.1 Å². The molecule has 0 amide bonds. The number of furan rings is 3. The molecule has 0 fully saturated rings.